The first-order valence-electron chi connectivity index (χ1n) is 7.95. The fourth-order valence-electron chi connectivity index (χ4n) is 2.20. The zero-order valence-electron chi connectivity index (χ0n) is 14.3. The van der Waals surface area contributed by atoms with Gasteiger partial charge in [0.05, 0.1) is 15.6 Å². The summed E-state index contributed by atoms with van der Waals surface area (Å²) < 4.78 is 34.0. The van der Waals surface area contributed by atoms with E-state index < -0.39 is 22.2 Å². The number of halogens is 2. The normalized spacial score (nSPS) is 12.2. The quantitative estimate of drug-likeness (QED) is 0.371. The lowest BCUT2D eigenvalue weighted by Gasteiger charge is -2.15. The van der Waals surface area contributed by atoms with Crippen LogP contribution in [0.4, 0.5) is 8.78 Å². The second-order valence-electron chi connectivity index (χ2n) is 5.80. The lowest BCUT2D eigenvalue weighted by Crippen LogP contribution is -2.08. The van der Waals surface area contributed by atoms with Crippen molar-refractivity contribution in [2.75, 3.05) is 0 Å². The number of nitrogens with zero attached hydrogens (tertiary/aromatic N) is 1. The number of ether oxygens (including phenoxy) is 1. The maximum atomic E-state index is 14.5. The molecular weight excluding hydrogens is 380 g/mol. The molecule has 1 N–H and O–H groups in total. The summed E-state index contributed by atoms with van der Waals surface area (Å²) in [6.07, 6.45) is 1.49. The predicted octanol–water partition coefficient (Wildman–Crippen LogP) is 5.03. The van der Waals surface area contributed by atoms with Crippen molar-refractivity contribution in [2.24, 2.45) is 0 Å². The van der Waals surface area contributed by atoms with Crippen molar-refractivity contribution >= 4 is 30.4 Å². The molecule has 1 aromatic heterocycles. The van der Waals surface area contributed by atoms with Crippen LogP contribution in [-0.2, 0) is 4.79 Å². The largest absolute Gasteiger partial charge is 0.481 e. The zero-order valence-corrected chi connectivity index (χ0v) is 16.0. The van der Waals surface area contributed by atoms with Crippen LogP contribution in [0.2, 0.25) is 0 Å². The van der Waals surface area contributed by atoms with Gasteiger partial charge in [-0.2, -0.15) is 12.6 Å². The van der Waals surface area contributed by atoms with Gasteiger partial charge in [0.15, 0.2) is 0 Å². The van der Waals surface area contributed by atoms with Crippen molar-refractivity contribution in [3.05, 3.63) is 42.1 Å². The molecule has 1 heterocycles. The average molecular weight is 399 g/mol. The van der Waals surface area contributed by atoms with Gasteiger partial charge in [-0.3, -0.25) is 4.79 Å². The first-order valence-corrected chi connectivity index (χ1v) is 9.35. The Labute approximate surface area is 160 Å². The summed E-state index contributed by atoms with van der Waals surface area (Å²) in [6.45, 7) is 3.67. The topological polar surface area (TPSA) is 59.4 Å². The van der Waals surface area contributed by atoms with Gasteiger partial charge in [0.2, 0.25) is 5.88 Å². The number of aromatic nitrogens is 1. The van der Waals surface area contributed by atoms with Gasteiger partial charge >= 0.3 is 5.97 Å². The third kappa shape index (κ3) is 5.60. The fraction of sp³-hybridized carbons (Fsp3) is 0.333. The molecule has 0 amide bonds. The van der Waals surface area contributed by atoms with Crippen LogP contribution in [0.15, 0.2) is 35.4 Å². The third-order valence-electron chi connectivity index (χ3n) is 3.29. The lowest BCUT2D eigenvalue weighted by atomic mass is 10.1. The van der Waals surface area contributed by atoms with E-state index >= 15 is 0 Å². The summed E-state index contributed by atoms with van der Waals surface area (Å²) in [5.74, 6) is -2.15. The van der Waals surface area contributed by atoms with E-state index in [1.165, 1.54) is 12.1 Å². The number of carboxylic acid groups (broad SMARTS) is 1. The fourth-order valence-corrected chi connectivity index (χ4v) is 3.49. The molecule has 0 aliphatic carbocycles. The van der Waals surface area contributed by atoms with Gasteiger partial charge in [0, 0.05) is 18.2 Å². The van der Waals surface area contributed by atoms with E-state index in [4.69, 9.17) is 9.84 Å². The molecular formula is C18H19F2NO3S2. The van der Waals surface area contributed by atoms with Crippen LogP contribution in [0.1, 0.15) is 26.7 Å². The number of hydrogen-bond donors (Lipinski definition) is 2. The number of thioether (sulfide) groups is 1. The molecule has 0 saturated carbocycles. The molecule has 0 fully saturated rings. The summed E-state index contributed by atoms with van der Waals surface area (Å²) in [4.78, 5) is 14.5. The number of hydrogen-bond acceptors (Lipinski definition) is 5. The van der Waals surface area contributed by atoms with E-state index in [-0.39, 0.29) is 23.8 Å². The van der Waals surface area contributed by atoms with Crippen molar-refractivity contribution in [1.82, 2.24) is 4.98 Å². The summed E-state index contributed by atoms with van der Waals surface area (Å²) in [5.41, 5.74) is 0.804. The highest BCUT2D eigenvalue weighted by Crippen LogP contribution is 2.37. The van der Waals surface area contributed by atoms with Crippen LogP contribution in [0, 0.1) is 11.6 Å². The number of carbonyl (C=O) groups is 1. The highest BCUT2D eigenvalue weighted by atomic mass is 32.2. The van der Waals surface area contributed by atoms with Crippen LogP contribution in [0.25, 0.3) is 11.1 Å². The summed E-state index contributed by atoms with van der Waals surface area (Å²) >= 11 is 5.06. The standard InChI is InChI=1S/C18H19F2NO3S2/c1-10(2)24-18-12(4-3-7-21-18)11-8-13(19)17(14(20)9-11)26-16(25)6-5-15(22)23/h3-4,7-10,16,25H,5-6H2,1-2H3,(H,22,23). The molecule has 2 aromatic rings. The Morgan fingerprint density at radius 2 is 2.00 bits per heavy atom. The first kappa shape index (κ1) is 20.5. The van der Waals surface area contributed by atoms with Gasteiger partial charge in [-0.25, -0.2) is 13.8 Å². The van der Waals surface area contributed by atoms with Crippen LogP contribution in [0.3, 0.4) is 0 Å². The molecule has 0 saturated heterocycles. The van der Waals surface area contributed by atoms with Crippen LogP contribution < -0.4 is 4.74 Å². The van der Waals surface area contributed by atoms with Crippen molar-refractivity contribution in [1.29, 1.82) is 0 Å². The third-order valence-corrected chi connectivity index (χ3v) is 4.99. The second kappa shape index (κ2) is 9.23. The maximum absolute atomic E-state index is 14.5. The molecule has 2 rings (SSSR count). The average Bonchev–Trinajstić information content (AvgIpc) is 2.56. The van der Waals surface area contributed by atoms with E-state index in [9.17, 15) is 13.6 Å². The van der Waals surface area contributed by atoms with Crippen molar-refractivity contribution in [2.45, 2.75) is 42.3 Å². The molecule has 0 aliphatic rings. The van der Waals surface area contributed by atoms with Gasteiger partial charge in [0.1, 0.15) is 11.6 Å². The Morgan fingerprint density at radius 3 is 2.58 bits per heavy atom. The van der Waals surface area contributed by atoms with E-state index in [0.717, 1.165) is 11.8 Å². The monoisotopic (exact) mass is 399 g/mol. The summed E-state index contributed by atoms with van der Waals surface area (Å²) in [6, 6.07) is 5.78. The predicted molar refractivity (Wildman–Crippen MR) is 101 cm³/mol. The molecule has 4 nitrogen and oxygen atoms in total. The summed E-state index contributed by atoms with van der Waals surface area (Å²) in [5, 5.41) is 8.68. The van der Waals surface area contributed by atoms with Crippen LogP contribution in [-0.4, -0.2) is 26.7 Å². The zero-order chi connectivity index (χ0) is 19.3. The van der Waals surface area contributed by atoms with Gasteiger partial charge in [-0.15, -0.1) is 11.8 Å². The number of pyridine rings is 1. The van der Waals surface area contributed by atoms with Gasteiger partial charge in [0.25, 0.3) is 0 Å². The highest BCUT2D eigenvalue weighted by molar-refractivity contribution is 8.10. The smallest absolute Gasteiger partial charge is 0.303 e. The number of carboxylic acids is 1. The van der Waals surface area contributed by atoms with Crippen molar-refractivity contribution in [3.63, 3.8) is 0 Å². The Morgan fingerprint density at radius 1 is 1.35 bits per heavy atom. The molecule has 0 radical (unpaired) electrons. The molecule has 140 valence electrons. The van der Waals surface area contributed by atoms with Gasteiger partial charge in [-0.1, -0.05) is 0 Å². The first-order chi connectivity index (χ1) is 12.3. The van der Waals surface area contributed by atoms with Gasteiger partial charge in [-0.05, 0) is 50.1 Å². The Bertz CT molecular complexity index is 764. The number of benzene rings is 1. The molecule has 0 spiro atoms. The Kier molecular flexibility index (Phi) is 7.28. The number of rotatable bonds is 8. The van der Waals surface area contributed by atoms with E-state index in [0.29, 0.717) is 17.0 Å². The van der Waals surface area contributed by atoms with Crippen LogP contribution in [0.5, 0.6) is 5.88 Å². The van der Waals surface area contributed by atoms with E-state index in [1.807, 2.05) is 13.8 Å². The van der Waals surface area contributed by atoms with Crippen molar-refractivity contribution < 1.29 is 23.4 Å². The molecule has 1 unspecified atom stereocenters. The molecule has 0 aliphatic heterocycles. The lowest BCUT2D eigenvalue weighted by molar-refractivity contribution is -0.137. The number of thiol groups is 1. The van der Waals surface area contributed by atoms with E-state index in [1.54, 1.807) is 18.3 Å². The molecule has 26 heavy (non-hydrogen) atoms. The molecule has 0 bridgehead atoms. The Hall–Kier alpha value is -1.80. The van der Waals surface area contributed by atoms with Crippen molar-refractivity contribution in [3.8, 4) is 17.0 Å². The minimum absolute atomic E-state index is 0.117. The molecule has 1 aromatic carbocycles. The Balaban J connectivity index is 2.28. The van der Waals surface area contributed by atoms with Crippen LogP contribution >= 0.6 is 24.4 Å². The van der Waals surface area contributed by atoms with E-state index in [2.05, 4.69) is 17.6 Å². The number of aliphatic carboxylic acids is 1. The highest BCUT2D eigenvalue weighted by Gasteiger charge is 2.19. The minimum Gasteiger partial charge on any atom is -0.481 e. The summed E-state index contributed by atoms with van der Waals surface area (Å²) in [7, 11) is 0. The molecule has 1 atom stereocenters. The minimum atomic E-state index is -0.977. The maximum Gasteiger partial charge on any atom is 0.303 e. The van der Waals surface area contributed by atoms with Gasteiger partial charge < -0.3 is 9.84 Å². The second-order valence-corrected chi connectivity index (χ2v) is 7.98. The molecule has 8 heteroatoms. The SMILES string of the molecule is CC(C)Oc1ncccc1-c1cc(F)c(SC(S)CCC(=O)O)c(F)c1.